The number of hydrogen-bond acceptors (Lipinski definition) is 5. The summed E-state index contributed by atoms with van der Waals surface area (Å²) in [5.74, 6) is -0.331. The number of rotatable bonds is 4. The predicted molar refractivity (Wildman–Crippen MR) is 90.7 cm³/mol. The SMILES string of the molecule is CCOC(=O)C1=C(C)N(C)C(=O)N[C@H]1c1cc(Br)c(O)c(OC)c1. The van der Waals surface area contributed by atoms with Gasteiger partial charge in [-0.2, -0.15) is 0 Å². The van der Waals surface area contributed by atoms with Crippen molar-refractivity contribution in [1.29, 1.82) is 0 Å². The molecule has 0 bridgehead atoms. The van der Waals surface area contributed by atoms with Crippen molar-refractivity contribution in [1.82, 2.24) is 10.2 Å². The number of aromatic hydroxyl groups is 1. The molecule has 2 N–H and O–H groups in total. The largest absolute Gasteiger partial charge is 0.503 e. The molecule has 0 aliphatic carbocycles. The summed E-state index contributed by atoms with van der Waals surface area (Å²) in [6, 6.07) is 2.15. The summed E-state index contributed by atoms with van der Waals surface area (Å²) in [4.78, 5) is 25.9. The standard InChI is InChI=1S/C16H19BrN2O5/c1-5-24-15(21)12-8(2)19(3)16(22)18-13(12)9-6-10(17)14(20)11(7-9)23-4/h6-7,13,20H,5H2,1-4H3,(H,18,22)/t13-/m0/s1. The molecule has 1 aliphatic rings. The lowest BCUT2D eigenvalue weighted by Gasteiger charge is -2.33. The Kier molecular flexibility index (Phi) is 5.38. The van der Waals surface area contributed by atoms with Gasteiger partial charge in [0, 0.05) is 12.7 Å². The molecule has 2 rings (SSSR count). The van der Waals surface area contributed by atoms with Crippen LogP contribution in [0.3, 0.4) is 0 Å². The highest BCUT2D eigenvalue weighted by Gasteiger charge is 2.35. The number of methoxy groups -OCH3 is 1. The molecule has 0 fully saturated rings. The maximum atomic E-state index is 12.4. The van der Waals surface area contributed by atoms with Crippen LogP contribution < -0.4 is 10.1 Å². The van der Waals surface area contributed by atoms with Gasteiger partial charge < -0.3 is 24.8 Å². The molecule has 1 aromatic rings. The fourth-order valence-electron chi connectivity index (χ4n) is 2.47. The number of phenolic OH excluding ortho intramolecular Hbond substituents is 1. The number of carbonyl (C=O) groups is 2. The van der Waals surface area contributed by atoms with E-state index in [1.165, 1.54) is 12.0 Å². The Morgan fingerprint density at radius 1 is 1.46 bits per heavy atom. The Morgan fingerprint density at radius 2 is 2.12 bits per heavy atom. The van der Waals surface area contributed by atoms with Gasteiger partial charge >= 0.3 is 12.0 Å². The van der Waals surface area contributed by atoms with E-state index in [0.29, 0.717) is 21.3 Å². The number of hydrogen-bond donors (Lipinski definition) is 2. The molecule has 1 aliphatic heterocycles. The number of carbonyl (C=O) groups excluding carboxylic acids is 2. The third-order valence-electron chi connectivity index (χ3n) is 3.85. The van der Waals surface area contributed by atoms with Gasteiger partial charge in [0.1, 0.15) is 0 Å². The van der Waals surface area contributed by atoms with Crippen LogP contribution in [-0.4, -0.2) is 42.8 Å². The number of nitrogens with one attached hydrogen (secondary N) is 1. The minimum atomic E-state index is -0.710. The fourth-order valence-corrected chi connectivity index (χ4v) is 2.93. The van der Waals surface area contributed by atoms with Gasteiger partial charge in [-0.1, -0.05) is 0 Å². The highest BCUT2D eigenvalue weighted by atomic mass is 79.9. The number of halogens is 1. The number of benzene rings is 1. The number of ether oxygens (including phenoxy) is 2. The summed E-state index contributed by atoms with van der Waals surface area (Å²) >= 11 is 3.25. The Hall–Kier alpha value is -2.22. The molecule has 1 aromatic carbocycles. The first-order chi connectivity index (χ1) is 11.3. The number of amides is 2. The van der Waals surface area contributed by atoms with Gasteiger partial charge in [-0.3, -0.25) is 0 Å². The zero-order chi connectivity index (χ0) is 18.0. The Labute approximate surface area is 148 Å². The first-order valence-electron chi connectivity index (χ1n) is 7.30. The van der Waals surface area contributed by atoms with Gasteiger partial charge in [0.15, 0.2) is 11.5 Å². The monoisotopic (exact) mass is 398 g/mol. The minimum absolute atomic E-state index is 0.0566. The molecule has 2 amide bonds. The van der Waals surface area contributed by atoms with Crippen LogP contribution in [0.1, 0.15) is 25.5 Å². The molecule has 0 radical (unpaired) electrons. The van der Waals surface area contributed by atoms with Crippen molar-refractivity contribution in [2.45, 2.75) is 19.9 Å². The van der Waals surface area contributed by atoms with E-state index in [2.05, 4.69) is 21.2 Å². The lowest BCUT2D eigenvalue weighted by Crippen LogP contribution is -2.46. The van der Waals surface area contributed by atoms with Crippen molar-refractivity contribution in [2.24, 2.45) is 0 Å². The van der Waals surface area contributed by atoms with E-state index >= 15 is 0 Å². The van der Waals surface area contributed by atoms with E-state index < -0.39 is 12.0 Å². The second-order valence-electron chi connectivity index (χ2n) is 5.21. The first kappa shape index (κ1) is 18.1. The molecule has 1 heterocycles. The normalized spacial score (nSPS) is 17.6. The van der Waals surface area contributed by atoms with Gasteiger partial charge in [-0.05, 0) is 47.5 Å². The quantitative estimate of drug-likeness (QED) is 0.761. The van der Waals surface area contributed by atoms with Crippen molar-refractivity contribution in [3.8, 4) is 11.5 Å². The molecule has 0 spiro atoms. The Morgan fingerprint density at radius 3 is 2.71 bits per heavy atom. The molecule has 0 saturated carbocycles. The van der Waals surface area contributed by atoms with E-state index in [4.69, 9.17) is 9.47 Å². The summed E-state index contributed by atoms with van der Waals surface area (Å²) in [7, 11) is 3.00. The van der Waals surface area contributed by atoms with Crippen LogP contribution in [0.4, 0.5) is 4.79 Å². The van der Waals surface area contributed by atoms with Crippen molar-refractivity contribution in [3.63, 3.8) is 0 Å². The van der Waals surface area contributed by atoms with Gasteiger partial charge in [-0.15, -0.1) is 0 Å². The van der Waals surface area contributed by atoms with E-state index in [0.717, 1.165) is 0 Å². The summed E-state index contributed by atoms with van der Waals surface area (Å²) in [6.07, 6.45) is 0. The summed E-state index contributed by atoms with van der Waals surface area (Å²) in [5.41, 5.74) is 1.42. The van der Waals surface area contributed by atoms with Crippen LogP contribution in [0.25, 0.3) is 0 Å². The minimum Gasteiger partial charge on any atom is -0.503 e. The molecule has 0 unspecified atom stereocenters. The molecule has 24 heavy (non-hydrogen) atoms. The number of phenols is 1. The summed E-state index contributed by atoms with van der Waals surface area (Å²) in [6.45, 7) is 3.63. The summed E-state index contributed by atoms with van der Waals surface area (Å²) in [5, 5.41) is 12.7. The lowest BCUT2D eigenvalue weighted by atomic mass is 9.94. The average Bonchev–Trinajstić information content (AvgIpc) is 2.54. The molecule has 0 aromatic heterocycles. The highest BCUT2D eigenvalue weighted by Crippen LogP contribution is 2.40. The predicted octanol–water partition coefficient (Wildman–Crippen LogP) is 2.70. The van der Waals surface area contributed by atoms with E-state index in [1.54, 1.807) is 33.0 Å². The van der Waals surface area contributed by atoms with Crippen molar-refractivity contribution >= 4 is 27.9 Å². The number of allylic oxidation sites excluding steroid dienone is 1. The highest BCUT2D eigenvalue weighted by molar-refractivity contribution is 9.10. The third-order valence-corrected chi connectivity index (χ3v) is 4.46. The molecule has 7 nitrogen and oxygen atoms in total. The molecule has 8 heteroatoms. The third kappa shape index (κ3) is 3.19. The number of nitrogens with zero attached hydrogens (tertiary/aromatic N) is 1. The smallest absolute Gasteiger partial charge is 0.338 e. The average molecular weight is 399 g/mol. The number of urea groups is 1. The van der Waals surface area contributed by atoms with Gasteiger partial charge in [0.25, 0.3) is 0 Å². The Bertz CT molecular complexity index is 717. The van der Waals surface area contributed by atoms with Gasteiger partial charge in [0.05, 0.1) is 29.8 Å². The first-order valence-corrected chi connectivity index (χ1v) is 8.09. The zero-order valence-electron chi connectivity index (χ0n) is 13.8. The van der Waals surface area contributed by atoms with Crippen molar-refractivity contribution in [2.75, 3.05) is 20.8 Å². The topological polar surface area (TPSA) is 88.1 Å². The molecule has 0 saturated heterocycles. The lowest BCUT2D eigenvalue weighted by molar-refractivity contribution is -0.139. The second-order valence-corrected chi connectivity index (χ2v) is 6.07. The Balaban J connectivity index is 2.60. The maximum absolute atomic E-state index is 12.4. The number of esters is 1. The molecular weight excluding hydrogens is 380 g/mol. The van der Waals surface area contributed by atoms with Crippen LogP contribution in [0, 0.1) is 0 Å². The zero-order valence-corrected chi connectivity index (χ0v) is 15.4. The van der Waals surface area contributed by atoms with Crippen LogP contribution in [-0.2, 0) is 9.53 Å². The van der Waals surface area contributed by atoms with Gasteiger partial charge in [-0.25, -0.2) is 9.59 Å². The molecular formula is C16H19BrN2O5. The fraction of sp³-hybridized carbons (Fsp3) is 0.375. The molecule has 1 atom stereocenters. The van der Waals surface area contributed by atoms with Crippen LogP contribution >= 0.6 is 15.9 Å². The maximum Gasteiger partial charge on any atom is 0.338 e. The second kappa shape index (κ2) is 7.12. The van der Waals surface area contributed by atoms with Crippen molar-refractivity contribution < 1.29 is 24.2 Å². The van der Waals surface area contributed by atoms with E-state index in [-0.39, 0.29) is 24.1 Å². The van der Waals surface area contributed by atoms with Gasteiger partial charge in [0.2, 0.25) is 0 Å². The van der Waals surface area contributed by atoms with Crippen LogP contribution in [0.2, 0.25) is 0 Å². The van der Waals surface area contributed by atoms with E-state index in [1.807, 2.05) is 0 Å². The van der Waals surface area contributed by atoms with Crippen LogP contribution in [0.5, 0.6) is 11.5 Å². The molecule has 130 valence electrons. The summed E-state index contributed by atoms with van der Waals surface area (Å²) < 4.78 is 10.7. The van der Waals surface area contributed by atoms with Crippen molar-refractivity contribution in [3.05, 3.63) is 33.4 Å². The van der Waals surface area contributed by atoms with E-state index in [9.17, 15) is 14.7 Å². The van der Waals surface area contributed by atoms with Crippen LogP contribution in [0.15, 0.2) is 27.9 Å².